The number of nitrogens with zero attached hydrogens (tertiary/aromatic N) is 1. The van der Waals surface area contributed by atoms with Gasteiger partial charge in [-0.05, 0) is 25.7 Å². The molecule has 0 bridgehead atoms. The van der Waals surface area contributed by atoms with E-state index in [1.165, 1.54) is 19.3 Å². The second-order valence-electron chi connectivity index (χ2n) is 2.23. The Morgan fingerprint density at radius 3 is 2.00 bits per heavy atom. The van der Waals surface area contributed by atoms with Crippen LogP contribution in [0.5, 0.6) is 0 Å². The summed E-state index contributed by atoms with van der Waals surface area (Å²) in [5.74, 6) is 0. The Morgan fingerprint density at radius 1 is 1.11 bits per heavy atom. The second-order valence-corrected chi connectivity index (χ2v) is 2.23. The third kappa shape index (κ3) is 3.23. The minimum absolute atomic E-state index is 0. The first-order valence-corrected chi connectivity index (χ1v) is 3.13. The van der Waals surface area contributed by atoms with Gasteiger partial charge in [0.2, 0.25) is 0 Å². The molecule has 0 aromatic rings. The first kappa shape index (κ1) is 9.47. The van der Waals surface area contributed by atoms with Crippen LogP contribution in [0.1, 0.15) is 32.1 Å². The molecule has 0 spiro atoms. The second kappa shape index (κ2) is 5.27. The van der Waals surface area contributed by atoms with E-state index in [4.69, 9.17) is 5.21 Å². The van der Waals surface area contributed by atoms with Gasteiger partial charge in [0.1, 0.15) is 0 Å². The predicted molar refractivity (Wildman–Crippen MR) is 39.5 cm³/mol. The minimum atomic E-state index is 0. The summed E-state index contributed by atoms with van der Waals surface area (Å²) in [6.45, 7) is 0. The molecular weight excluding hydrogens is 125 g/mol. The summed E-state index contributed by atoms with van der Waals surface area (Å²) >= 11 is 0. The van der Waals surface area contributed by atoms with E-state index in [1.54, 1.807) is 0 Å². The SMILES string of the molecule is ON=C1CCCCC1.[NaH]. The summed E-state index contributed by atoms with van der Waals surface area (Å²) in [4.78, 5) is 0. The average molecular weight is 137 g/mol. The van der Waals surface area contributed by atoms with Gasteiger partial charge in [-0.25, -0.2) is 0 Å². The van der Waals surface area contributed by atoms with Crippen molar-refractivity contribution in [1.82, 2.24) is 0 Å². The fourth-order valence-electron chi connectivity index (χ4n) is 1.06. The fourth-order valence-corrected chi connectivity index (χ4v) is 1.06. The van der Waals surface area contributed by atoms with E-state index < -0.39 is 0 Å². The van der Waals surface area contributed by atoms with Crippen molar-refractivity contribution in [2.75, 3.05) is 0 Å². The van der Waals surface area contributed by atoms with Crippen molar-refractivity contribution < 1.29 is 5.21 Å². The van der Waals surface area contributed by atoms with Crippen LogP contribution in [0.3, 0.4) is 0 Å². The van der Waals surface area contributed by atoms with Crippen LogP contribution in [0.2, 0.25) is 0 Å². The molecule has 0 saturated heterocycles. The standard InChI is InChI=1S/C6H11NO.Na.H/c8-7-6-4-2-1-3-5-6;;/h8H,1-5H2;;. The Hall–Kier alpha value is 0.470. The van der Waals surface area contributed by atoms with Crippen LogP contribution in [-0.4, -0.2) is 40.5 Å². The van der Waals surface area contributed by atoms with Crippen LogP contribution in [0.4, 0.5) is 0 Å². The third-order valence-electron chi connectivity index (χ3n) is 1.57. The molecule has 0 aromatic heterocycles. The molecule has 0 atom stereocenters. The van der Waals surface area contributed by atoms with E-state index in [0.29, 0.717) is 0 Å². The van der Waals surface area contributed by atoms with Gasteiger partial charge in [0.25, 0.3) is 0 Å². The monoisotopic (exact) mass is 137 g/mol. The molecule has 3 heteroatoms. The molecule has 0 aliphatic heterocycles. The number of oxime groups is 1. The van der Waals surface area contributed by atoms with Gasteiger partial charge in [0, 0.05) is 0 Å². The Balaban J connectivity index is 0.000000640. The van der Waals surface area contributed by atoms with Crippen LogP contribution in [0, 0.1) is 0 Å². The van der Waals surface area contributed by atoms with Gasteiger partial charge in [-0.2, -0.15) is 0 Å². The summed E-state index contributed by atoms with van der Waals surface area (Å²) in [5, 5.41) is 11.4. The van der Waals surface area contributed by atoms with Crippen molar-refractivity contribution in [3.8, 4) is 0 Å². The van der Waals surface area contributed by atoms with Crippen LogP contribution in [-0.2, 0) is 0 Å². The first-order chi connectivity index (χ1) is 3.93. The van der Waals surface area contributed by atoms with E-state index in [9.17, 15) is 0 Å². The van der Waals surface area contributed by atoms with Crippen LogP contribution < -0.4 is 0 Å². The predicted octanol–water partition coefficient (Wildman–Crippen LogP) is 1.13. The quantitative estimate of drug-likeness (QED) is 0.303. The van der Waals surface area contributed by atoms with Gasteiger partial charge >= 0.3 is 29.6 Å². The van der Waals surface area contributed by atoms with Crippen molar-refractivity contribution in [2.24, 2.45) is 5.16 Å². The van der Waals surface area contributed by atoms with Gasteiger partial charge in [0.05, 0.1) is 5.71 Å². The zero-order chi connectivity index (χ0) is 5.82. The molecule has 1 N–H and O–H groups in total. The molecule has 1 saturated carbocycles. The molecule has 1 rings (SSSR count). The zero-order valence-electron chi connectivity index (χ0n) is 4.93. The maximum absolute atomic E-state index is 8.28. The van der Waals surface area contributed by atoms with Gasteiger partial charge in [0.15, 0.2) is 0 Å². The van der Waals surface area contributed by atoms with Gasteiger partial charge in [-0.15, -0.1) is 0 Å². The summed E-state index contributed by atoms with van der Waals surface area (Å²) in [6, 6.07) is 0. The van der Waals surface area contributed by atoms with E-state index in [-0.39, 0.29) is 29.6 Å². The molecule has 0 aromatic carbocycles. The van der Waals surface area contributed by atoms with E-state index in [0.717, 1.165) is 18.6 Å². The van der Waals surface area contributed by atoms with Crippen molar-refractivity contribution in [1.29, 1.82) is 0 Å². The number of hydrogen-bond donors (Lipinski definition) is 1. The molecule has 0 radical (unpaired) electrons. The molecular formula is C6H12NNaO. The Kier molecular flexibility index (Phi) is 5.55. The van der Waals surface area contributed by atoms with Crippen molar-refractivity contribution in [3.63, 3.8) is 0 Å². The summed E-state index contributed by atoms with van der Waals surface area (Å²) < 4.78 is 0. The van der Waals surface area contributed by atoms with E-state index in [1.807, 2.05) is 0 Å². The molecule has 1 aliphatic carbocycles. The third-order valence-corrected chi connectivity index (χ3v) is 1.57. The van der Waals surface area contributed by atoms with Gasteiger partial charge < -0.3 is 5.21 Å². The summed E-state index contributed by atoms with van der Waals surface area (Å²) in [5.41, 5.74) is 0.983. The van der Waals surface area contributed by atoms with Gasteiger partial charge in [-0.1, -0.05) is 11.6 Å². The molecule has 0 amide bonds. The number of hydrogen-bond acceptors (Lipinski definition) is 2. The van der Waals surface area contributed by atoms with Crippen molar-refractivity contribution >= 4 is 35.3 Å². The van der Waals surface area contributed by atoms with Crippen LogP contribution in [0.15, 0.2) is 5.16 Å². The molecule has 0 heterocycles. The molecule has 0 unspecified atom stereocenters. The van der Waals surface area contributed by atoms with E-state index in [2.05, 4.69) is 5.16 Å². The molecule has 1 fully saturated rings. The van der Waals surface area contributed by atoms with Crippen LogP contribution >= 0.6 is 0 Å². The normalized spacial score (nSPS) is 18.4. The Labute approximate surface area is 77.6 Å². The molecule has 48 valence electrons. The molecule has 9 heavy (non-hydrogen) atoms. The number of rotatable bonds is 0. The first-order valence-electron chi connectivity index (χ1n) is 3.13. The summed E-state index contributed by atoms with van der Waals surface area (Å²) in [6.07, 6.45) is 5.74. The molecule has 2 nitrogen and oxygen atoms in total. The van der Waals surface area contributed by atoms with Crippen molar-refractivity contribution in [3.05, 3.63) is 0 Å². The fraction of sp³-hybridized carbons (Fsp3) is 0.833. The summed E-state index contributed by atoms with van der Waals surface area (Å²) in [7, 11) is 0. The van der Waals surface area contributed by atoms with Crippen LogP contribution in [0.25, 0.3) is 0 Å². The van der Waals surface area contributed by atoms with Crippen molar-refractivity contribution in [2.45, 2.75) is 32.1 Å². The Bertz CT molecular complexity index is 95.2. The maximum atomic E-state index is 8.28. The topological polar surface area (TPSA) is 32.6 Å². The Morgan fingerprint density at radius 2 is 1.67 bits per heavy atom. The molecule has 1 aliphatic rings. The zero-order valence-corrected chi connectivity index (χ0v) is 4.93. The average Bonchev–Trinajstić information content (AvgIpc) is 1.90. The van der Waals surface area contributed by atoms with E-state index >= 15 is 0 Å². The van der Waals surface area contributed by atoms with Gasteiger partial charge in [-0.3, -0.25) is 0 Å².